The van der Waals surface area contributed by atoms with Crippen molar-refractivity contribution >= 4 is 23.2 Å². The molecule has 4 N–H and O–H groups in total. The molecule has 0 saturated heterocycles. The van der Waals surface area contributed by atoms with E-state index in [1.165, 1.54) is 6.42 Å². The molecule has 1 aliphatic carbocycles. The molecule has 1 fully saturated rings. The largest absolute Gasteiger partial charge is 0.495 e. The third-order valence-corrected chi connectivity index (χ3v) is 5.71. The van der Waals surface area contributed by atoms with Crippen LogP contribution in [0.15, 0.2) is 18.2 Å². The molecule has 8 nitrogen and oxygen atoms in total. The highest BCUT2D eigenvalue weighted by Gasteiger charge is 2.24. The fourth-order valence-electron chi connectivity index (χ4n) is 4.09. The Kier molecular flexibility index (Phi) is 5.80. The number of amides is 2. The van der Waals surface area contributed by atoms with E-state index in [2.05, 4.69) is 26.1 Å². The number of hydrogen-bond acceptors (Lipinski definition) is 5. The number of H-pyrrole nitrogens is 1. The number of carbonyl (C=O) groups excluding carboxylic acids is 2. The molecule has 29 heavy (non-hydrogen) atoms. The topological polar surface area (TPSA) is 108 Å². The zero-order valence-corrected chi connectivity index (χ0v) is 16.6. The van der Waals surface area contributed by atoms with Gasteiger partial charge in [0.15, 0.2) is 5.69 Å². The summed E-state index contributed by atoms with van der Waals surface area (Å²) >= 11 is 0. The summed E-state index contributed by atoms with van der Waals surface area (Å²) in [5, 5.41) is 16.3. The zero-order valence-electron chi connectivity index (χ0n) is 16.6. The normalized spacial score (nSPS) is 16.7. The van der Waals surface area contributed by atoms with Crippen molar-refractivity contribution in [2.75, 3.05) is 24.3 Å². The Bertz CT molecular complexity index is 902. The molecule has 1 aromatic heterocycles. The molecule has 0 atom stereocenters. The van der Waals surface area contributed by atoms with Crippen LogP contribution in [-0.2, 0) is 17.8 Å². The molecule has 2 aromatic rings. The molecule has 8 heteroatoms. The molecule has 1 aliphatic heterocycles. The van der Waals surface area contributed by atoms with Crippen LogP contribution < -0.4 is 20.7 Å². The number of aromatic amines is 1. The van der Waals surface area contributed by atoms with Gasteiger partial charge in [-0.05, 0) is 31.0 Å². The van der Waals surface area contributed by atoms with Gasteiger partial charge >= 0.3 is 0 Å². The van der Waals surface area contributed by atoms with Gasteiger partial charge < -0.3 is 20.7 Å². The summed E-state index contributed by atoms with van der Waals surface area (Å²) in [6.07, 6.45) is 6.05. The molecular formula is C21H27N5O3. The molecular weight excluding hydrogens is 370 g/mol. The first-order valence-electron chi connectivity index (χ1n) is 10.2. The van der Waals surface area contributed by atoms with Crippen molar-refractivity contribution in [3.63, 3.8) is 0 Å². The number of methoxy groups -OCH3 is 1. The van der Waals surface area contributed by atoms with E-state index in [1.54, 1.807) is 25.3 Å². The van der Waals surface area contributed by atoms with E-state index in [4.69, 9.17) is 4.74 Å². The smallest absolute Gasteiger partial charge is 0.276 e. The molecule has 0 bridgehead atoms. The molecule has 2 heterocycles. The van der Waals surface area contributed by atoms with Crippen molar-refractivity contribution in [3.05, 3.63) is 35.2 Å². The number of benzene rings is 1. The molecule has 0 unspecified atom stereocenters. The molecule has 4 rings (SSSR count). The van der Waals surface area contributed by atoms with Crippen LogP contribution in [0.2, 0.25) is 0 Å². The van der Waals surface area contributed by atoms with Crippen molar-refractivity contribution in [2.45, 2.75) is 45.1 Å². The van der Waals surface area contributed by atoms with E-state index in [-0.39, 0.29) is 17.7 Å². The minimum atomic E-state index is -0.277. The van der Waals surface area contributed by atoms with E-state index >= 15 is 0 Å². The summed E-state index contributed by atoms with van der Waals surface area (Å²) in [5.41, 5.74) is 3.45. The summed E-state index contributed by atoms with van der Waals surface area (Å²) in [6, 6.07) is 5.23. The van der Waals surface area contributed by atoms with Crippen LogP contribution in [0.5, 0.6) is 5.75 Å². The first-order chi connectivity index (χ1) is 14.2. The fraction of sp³-hybridized carbons (Fsp3) is 0.476. The van der Waals surface area contributed by atoms with Crippen molar-refractivity contribution in [1.82, 2.24) is 15.5 Å². The van der Waals surface area contributed by atoms with Crippen LogP contribution in [-0.4, -0.2) is 35.7 Å². The predicted octanol–water partition coefficient (Wildman–Crippen LogP) is 2.84. The molecule has 0 radical (unpaired) electrons. The summed E-state index contributed by atoms with van der Waals surface area (Å²) in [7, 11) is 1.56. The van der Waals surface area contributed by atoms with Gasteiger partial charge in [0.25, 0.3) is 5.91 Å². The van der Waals surface area contributed by atoms with Gasteiger partial charge in [0, 0.05) is 42.4 Å². The monoisotopic (exact) mass is 397 g/mol. The number of rotatable bonds is 5. The highest BCUT2D eigenvalue weighted by Crippen LogP contribution is 2.31. The molecule has 0 spiro atoms. The summed E-state index contributed by atoms with van der Waals surface area (Å²) in [6.45, 7) is 1.50. The van der Waals surface area contributed by atoms with E-state index < -0.39 is 0 Å². The maximum atomic E-state index is 12.7. The number of ether oxygens (including phenoxy) is 1. The quantitative estimate of drug-likeness (QED) is 0.620. The lowest BCUT2D eigenvalue weighted by Crippen LogP contribution is -2.25. The molecule has 154 valence electrons. The van der Waals surface area contributed by atoms with E-state index in [0.717, 1.165) is 49.9 Å². The average molecular weight is 397 g/mol. The number of aromatic nitrogens is 2. The Morgan fingerprint density at radius 1 is 1.17 bits per heavy atom. The molecule has 1 saturated carbocycles. The van der Waals surface area contributed by atoms with Gasteiger partial charge in [-0.15, -0.1) is 0 Å². The van der Waals surface area contributed by atoms with Crippen LogP contribution >= 0.6 is 0 Å². The maximum absolute atomic E-state index is 12.7. The Labute approximate surface area is 169 Å². The Hall–Kier alpha value is -2.87. The summed E-state index contributed by atoms with van der Waals surface area (Å²) < 4.78 is 5.39. The predicted molar refractivity (Wildman–Crippen MR) is 110 cm³/mol. The van der Waals surface area contributed by atoms with Gasteiger partial charge in [-0.3, -0.25) is 14.7 Å². The van der Waals surface area contributed by atoms with Gasteiger partial charge in [0.2, 0.25) is 5.91 Å². The molecule has 2 aliphatic rings. The van der Waals surface area contributed by atoms with Crippen molar-refractivity contribution in [3.8, 4) is 5.75 Å². The van der Waals surface area contributed by atoms with Crippen LogP contribution in [0.4, 0.5) is 11.4 Å². The highest BCUT2D eigenvalue weighted by atomic mass is 16.5. The zero-order chi connectivity index (χ0) is 20.2. The van der Waals surface area contributed by atoms with E-state index in [9.17, 15) is 9.59 Å². The number of anilines is 2. The lowest BCUT2D eigenvalue weighted by molar-refractivity contribution is -0.120. The lowest BCUT2D eigenvalue weighted by Gasteiger charge is -2.21. The highest BCUT2D eigenvalue weighted by molar-refractivity contribution is 6.04. The third-order valence-electron chi connectivity index (χ3n) is 5.71. The second-order valence-corrected chi connectivity index (χ2v) is 7.65. The van der Waals surface area contributed by atoms with Gasteiger partial charge in [0.1, 0.15) is 5.75 Å². The van der Waals surface area contributed by atoms with Gasteiger partial charge in [-0.1, -0.05) is 19.3 Å². The second-order valence-electron chi connectivity index (χ2n) is 7.65. The van der Waals surface area contributed by atoms with Crippen LogP contribution in [0.3, 0.4) is 0 Å². The number of hydrogen-bond donors (Lipinski definition) is 4. The molecule has 2 amide bonds. The first-order valence-corrected chi connectivity index (χ1v) is 10.2. The van der Waals surface area contributed by atoms with Crippen LogP contribution in [0.1, 0.15) is 53.8 Å². The number of carbonyl (C=O) groups is 2. The fourth-order valence-corrected chi connectivity index (χ4v) is 4.09. The van der Waals surface area contributed by atoms with Crippen LogP contribution in [0.25, 0.3) is 0 Å². The third kappa shape index (κ3) is 4.27. The lowest BCUT2D eigenvalue weighted by atomic mass is 9.88. The SMILES string of the molecule is COc1ccc(NC(=O)c2n[nH]c3c2CNCC3)cc1NC(=O)C1CCCCC1. The summed E-state index contributed by atoms with van der Waals surface area (Å²) in [4.78, 5) is 25.4. The number of fused-ring (bicyclic) bond motifs is 1. The van der Waals surface area contributed by atoms with E-state index in [0.29, 0.717) is 29.4 Å². The van der Waals surface area contributed by atoms with Crippen molar-refractivity contribution < 1.29 is 14.3 Å². The van der Waals surface area contributed by atoms with Crippen molar-refractivity contribution in [1.29, 1.82) is 0 Å². The Morgan fingerprint density at radius 3 is 2.79 bits per heavy atom. The van der Waals surface area contributed by atoms with Gasteiger partial charge in [0.05, 0.1) is 12.8 Å². The maximum Gasteiger partial charge on any atom is 0.276 e. The minimum absolute atomic E-state index is 0.0129. The number of nitrogens with zero attached hydrogens (tertiary/aromatic N) is 1. The summed E-state index contributed by atoms with van der Waals surface area (Å²) in [5.74, 6) is 0.336. The first kappa shape index (κ1) is 19.4. The number of nitrogens with one attached hydrogen (secondary N) is 4. The van der Waals surface area contributed by atoms with Gasteiger partial charge in [-0.2, -0.15) is 5.10 Å². The Balaban J connectivity index is 1.49. The standard InChI is InChI=1S/C21H27N5O3/c1-29-18-8-7-14(11-17(18)24-20(27)13-5-3-2-4-6-13)23-21(28)19-15-12-22-10-9-16(15)25-26-19/h7-8,11,13,22H,2-6,9-10,12H2,1H3,(H,23,28)(H,24,27)(H,25,26). The minimum Gasteiger partial charge on any atom is -0.495 e. The average Bonchev–Trinajstić information content (AvgIpc) is 3.19. The second kappa shape index (κ2) is 8.65. The Morgan fingerprint density at radius 2 is 2.00 bits per heavy atom. The molecule has 1 aromatic carbocycles. The van der Waals surface area contributed by atoms with E-state index in [1.807, 2.05) is 0 Å². The van der Waals surface area contributed by atoms with Crippen molar-refractivity contribution in [2.24, 2.45) is 5.92 Å². The van der Waals surface area contributed by atoms with Crippen LogP contribution in [0, 0.1) is 5.92 Å². The van der Waals surface area contributed by atoms with Gasteiger partial charge in [-0.25, -0.2) is 0 Å².